The summed E-state index contributed by atoms with van der Waals surface area (Å²) in [6.45, 7) is 1.39. The number of carbonyl (C=O) groups is 1. The topological polar surface area (TPSA) is 62.8 Å². The highest BCUT2D eigenvalue weighted by atomic mass is 35.5. The van der Waals surface area contributed by atoms with E-state index >= 15 is 0 Å². The minimum Gasteiger partial charge on any atom is -0.493 e. The molecular formula is C25H31Cl2N3O3. The highest BCUT2D eigenvalue weighted by molar-refractivity contribution is 6.35. The molecule has 1 saturated heterocycles. The molecule has 2 aliphatic rings. The Kier molecular flexibility index (Phi) is 7.27. The standard InChI is InChI=1S/C25H31Cl2N3O3/c1-30-11-10-25(17-5-7-21(32-2)22(12-17)33-3)9-8-19(14-23(25)30)29-24(31)28-15-16-4-6-18(26)13-20(16)27/h4-7,12-13,19,23H,8-11,14-15H2,1-3H3,(H2,28,29,31)/t19-,23+,25+/m1/s1. The molecule has 8 heteroatoms. The first-order chi connectivity index (χ1) is 15.9. The third-order valence-electron chi connectivity index (χ3n) is 7.28. The summed E-state index contributed by atoms with van der Waals surface area (Å²) in [6, 6.07) is 11.9. The largest absolute Gasteiger partial charge is 0.493 e. The lowest BCUT2D eigenvalue weighted by Crippen LogP contribution is -2.53. The first-order valence-corrected chi connectivity index (χ1v) is 12.0. The van der Waals surface area contributed by atoms with E-state index in [4.69, 9.17) is 32.7 Å². The van der Waals surface area contributed by atoms with E-state index in [9.17, 15) is 4.79 Å². The summed E-state index contributed by atoms with van der Waals surface area (Å²) in [6.07, 6.45) is 3.93. The summed E-state index contributed by atoms with van der Waals surface area (Å²) in [5.41, 5.74) is 2.18. The number of likely N-dealkylation sites (tertiary alicyclic amines) is 1. The van der Waals surface area contributed by atoms with Gasteiger partial charge in [0.25, 0.3) is 0 Å². The summed E-state index contributed by atoms with van der Waals surface area (Å²) >= 11 is 12.2. The Balaban J connectivity index is 1.42. The molecule has 3 atom stereocenters. The van der Waals surface area contributed by atoms with E-state index in [1.807, 2.05) is 12.1 Å². The summed E-state index contributed by atoms with van der Waals surface area (Å²) < 4.78 is 11.0. The van der Waals surface area contributed by atoms with Crippen molar-refractivity contribution in [3.05, 3.63) is 57.6 Å². The number of nitrogens with zero attached hydrogens (tertiary/aromatic N) is 1. The molecule has 0 radical (unpaired) electrons. The van der Waals surface area contributed by atoms with Crippen molar-refractivity contribution in [2.75, 3.05) is 27.8 Å². The number of benzene rings is 2. The first-order valence-electron chi connectivity index (χ1n) is 11.3. The number of halogens is 2. The van der Waals surface area contributed by atoms with Gasteiger partial charge in [-0.1, -0.05) is 35.3 Å². The van der Waals surface area contributed by atoms with Crippen molar-refractivity contribution >= 4 is 29.2 Å². The minimum atomic E-state index is -0.176. The van der Waals surface area contributed by atoms with Gasteiger partial charge < -0.3 is 25.0 Å². The fourth-order valence-corrected chi connectivity index (χ4v) is 5.95. The highest BCUT2D eigenvalue weighted by Crippen LogP contribution is 2.49. The van der Waals surface area contributed by atoms with Crippen molar-refractivity contribution in [1.82, 2.24) is 15.5 Å². The third kappa shape index (κ3) is 4.88. The monoisotopic (exact) mass is 491 g/mol. The number of nitrogens with one attached hydrogen (secondary N) is 2. The van der Waals surface area contributed by atoms with Crippen LogP contribution in [-0.2, 0) is 12.0 Å². The fraction of sp³-hybridized carbons (Fsp3) is 0.480. The number of likely N-dealkylation sites (N-methyl/N-ethyl adjacent to an activating group) is 1. The Bertz CT molecular complexity index is 1020. The van der Waals surface area contributed by atoms with Crippen LogP contribution in [0.25, 0.3) is 0 Å². The molecule has 2 amide bonds. The average Bonchev–Trinajstić information content (AvgIpc) is 3.15. The van der Waals surface area contributed by atoms with Crippen molar-refractivity contribution in [2.24, 2.45) is 0 Å². The normalized spacial score (nSPS) is 24.8. The molecule has 1 aliphatic heterocycles. The van der Waals surface area contributed by atoms with Crippen LogP contribution in [-0.4, -0.2) is 50.8 Å². The van der Waals surface area contributed by atoms with E-state index in [2.05, 4.69) is 34.7 Å². The first kappa shape index (κ1) is 24.0. The van der Waals surface area contributed by atoms with E-state index in [-0.39, 0.29) is 17.5 Å². The van der Waals surface area contributed by atoms with Crippen LogP contribution in [0.1, 0.15) is 36.8 Å². The number of carbonyl (C=O) groups excluding carboxylic acids is 1. The highest BCUT2D eigenvalue weighted by Gasteiger charge is 2.50. The van der Waals surface area contributed by atoms with Gasteiger partial charge in [0.15, 0.2) is 11.5 Å². The van der Waals surface area contributed by atoms with Gasteiger partial charge in [-0.3, -0.25) is 0 Å². The quantitative estimate of drug-likeness (QED) is 0.596. The number of ether oxygens (including phenoxy) is 2. The second kappa shape index (κ2) is 10.00. The van der Waals surface area contributed by atoms with Crippen molar-refractivity contribution in [3.8, 4) is 11.5 Å². The molecule has 33 heavy (non-hydrogen) atoms. The number of fused-ring (bicyclic) bond motifs is 1. The molecule has 0 spiro atoms. The van der Waals surface area contributed by atoms with Gasteiger partial charge in [-0.25, -0.2) is 4.79 Å². The van der Waals surface area contributed by atoms with Gasteiger partial charge in [0.2, 0.25) is 0 Å². The Hall–Kier alpha value is -2.15. The number of hydrogen-bond donors (Lipinski definition) is 2. The van der Waals surface area contributed by atoms with Crippen molar-refractivity contribution in [3.63, 3.8) is 0 Å². The molecular weight excluding hydrogens is 461 g/mol. The van der Waals surface area contributed by atoms with Gasteiger partial charge in [-0.05, 0) is 74.7 Å². The molecule has 2 N–H and O–H groups in total. The number of rotatable bonds is 6. The molecule has 1 saturated carbocycles. The van der Waals surface area contributed by atoms with Crippen LogP contribution in [0.15, 0.2) is 36.4 Å². The lowest BCUT2D eigenvalue weighted by molar-refractivity contribution is 0.154. The predicted molar refractivity (Wildman–Crippen MR) is 132 cm³/mol. The van der Waals surface area contributed by atoms with Crippen LogP contribution in [0.2, 0.25) is 10.0 Å². The third-order valence-corrected chi connectivity index (χ3v) is 7.86. The summed E-state index contributed by atoms with van der Waals surface area (Å²) in [4.78, 5) is 15.0. The van der Waals surface area contributed by atoms with Crippen LogP contribution >= 0.6 is 23.2 Å². The molecule has 1 aliphatic carbocycles. The van der Waals surface area contributed by atoms with Crippen LogP contribution in [0, 0.1) is 0 Å². The second-order valence-corrected chi connectivity index (χ2v) is 9.85. The van der Waals surface area contributed by atoms with E-state index < -0.39 is 0 Å². The predicted octanol–water partition coefficient (Wildman–Crippen LogP) is 5.00. The van der Waals surface area contributed by atoms with Gasteiger partial charge in [-0.15, -0.1) is 0 Å². The zero-order valence-electron chi connectivity index (χ0n) is 19.3. The molecule has 0 unspecified atom stereocenters. The summed E-state index contributed by atoms with van der Waals surface area (Å²) in [7, 11) is 5.51. The number of urea groups is 1. The van der Waals surface area contributed by atoms with Crippen LogP contribution in [0.5, 0.6) is 11.5 Å². The smallest absolute Gasteiger partial charge is 0.315 e. The SMILES string of the molecule is COc1ccc([C@@]23CC[C@@H](NC(=O)NCc4ccc(Cl)cc4Cl)C[C@@H]2N(C)CC3)cc1OC. The molecule has 1 heterocycles. The maximum atomic E-state index is 12.6. The number of amides is 2. The Morgan fingerprint density at radius 1 is 1.12 bits per heavy atom. The fourth-order valence-electron chi connectivity index (χ4n) is 5.47. The molecule has 4 rings (SSSR count). The van der Waals surface area contributed by atoms with Gasteiger partial charge in [-0.2, -0.15) is 0 Å². The zero-order chi connectivity index (χ0) is 23.6. The average molecular weight is 492 g/mol. The van der Waals surface area contributed by atoms with Gasteiger partial charge in [0.1, 0.15) is 0 Å². The number of methoxy groups -OCH3 is 2. The van der Waals surface area contributed by atoms with Crippen LogP contribution < -0.4 is 20.1 Å². The van der Waals surface area contributed by atoms with Gasteiger partial charge >= 0.3 is 6.03 Å². The van der Waals surface area contributed by atoms with E-state index in [1.165, 1.54) is 5.56 Å². The Morgan fingerprint density at radius 3 is 2.64 bits per heavy atom. The summed E-state index contributed by atoms with van der Waals surface area (Å²) in [5, 5.41) is 7.22. The van der Waals surface area contributed by atoms with E-state index in [0.717, 1.165) is 49.3 Å². The Morgan fingerprint density at radius 2 is 1.91 bits per heavy atom. The van der Waals surface area contributed by atoms with Crippen LogP contribution in [0.4, 0.5) is 4.79 Å². The second-order valence-electron chi connectivity index (χ2n) is 9.01. The van der Waals surface area contributed by atoms with E-state index in [1.54, 1.807) is 26.4 Å². The summed E-state index contributed by atoms with van der Waals surface area (Å²) in [5.74, 6) is 1.51. The zero-order valence-corrected chi connectivity index (χ0v) is 20.8. The van der Waals surface area contributed by atoms with Crippen LogP contribution in [0.3, 0.4) is 0 Å². The Labute approximate surface area is 205 Å². The molecule has 0 aromatic heterocycles. The maximum Gasteiger partial charge on any atom is 0.315 e. The lowest BCUT2D eigenvalue weighted by Gasteiger charge is -2.45. The van der Waals surface area contributed by atoms with Crippen molar-refractivity contribution < 1.29 is 14.3 Å². The lowest BCUT2D eigenvalue weighted by atomic mass is 9.65. The van der Waals surface area contributed by atoms with Crippen molar-refractivity contribution in [2.45, 2.75) is 49.7 Å². The number of hydrogen-bond acceptors (Lipinski definition) is 4. The molecule has 2 aromatic carbocycles. The molecule has 2 aromatic rings. The molecule has 0 bridgehead atoms. The maximum absolute atomic E-state index is 12.6. The van der Waals surface area contributed by atoms with Gasteiger partial charge in [0.05, 0.1) is 14.2 Å². The molecule has 6 nitrogen and oxygen atoms in total. The molecule has 2 fully saturated rings. The minimum absolute atomic E-state index is 0.0553. The van der Waals surface area contributed by atoms with Crippen molar-refractivity contribution in [1.29, 1.82) is 0 Å². The van der Waals surface area contributed by atoms with Gasteiger partial charge in [0, 0.05) is 34.1 Å². The molecule has 178 valence electrons. The van der Waals surface area contributed by atoms with E-state index in [0.29, 0.717) is 22.6 Å².